The summed E-state index contributed by atoms with van der Waals surface area (Å²) in [5.74, 6) is 0. The predicted molar refractivity (Wildman–Crippen MR) is 51.0 cm³/mol. The van der Waals surface area contributed by atoms with Gasteiger partial charge in [-0.25, -0.2) is 0 Å². The highest BCUT2D eigenvalue weighted by Crippen LogP contribution is 2.26. The molecule has 0 spiro atoms. The largest absolute Gasteiger partial charge is 0.258 e. The van der Waals surface area contributed by atoms with Crippen molar-refractivity contribution >= 4 is 39.4 Å². The van der Waals surface area contributed by atoms with Crippen LogP contribution in [-0.4, -0.2) is 16.0 Å². The number of hydrogen-bond donors (Lipinski definition) is 0. The molecule has 1 rings (SSSR count). The zero-order valence-electron chi connectivity index (χ0n) is 6.06. The zero-order chi connectivity index (χ0) is 8.27. The molecule has 2 atom stereocenters. The topological polar surface area (TPSA) is 12.4 Å². The van der Waals surface area contributed by atoms with E-state index in [4.69, 9.17) is 34.8 Å². The molecule has 0 aromatic heterocycles. The van der Waals surface area contributed by atoms with Crippen LogP contribution < -0.4 is 0 Å². The van der Waals surface area contributed by atoms with Crippen molar-refractivity contribution in [1.82, 2.24) is 0 Å². The number of alkyl halides is 1. The Labute approximate surface area is 81.7 Å². The fourth-order valence-corrected chi connectivity index (χ4v) is 1.92. The Balaban J connectivity index is 2.48. The molecule has 1 fully saturated rings. The molecule has 1 aliphatic carbocycles. The van der Waals surface area contributed by atoms with E-state index in [1.807, 2.05) is 0 Å². The van der Waals surface area contributed by atoms with Gasteiger partial charge in [0.15, 0.2) is 4.63 Å². The van der Waals surface area contributed by atoms with Crippen LogP contribution in [0.5, 0.6) is 0 Å². The van der Waals surface area contributed by atoms with Crippen LogP contribution in [0, 0.1) is 0 Å². The molecule has 0 aliphatic heterocycles. The van der Waals surface area contributed by atoms with Crippen LogP contribution in [0.1, 0.15) is 25.7 Å². The Hall–Kier alpha value is 0.540. The van der Waals surface area contributed by atoms with Gasteiger partial charge >= 0.3 is 0 Å². The lowest BCUT2D eigenvalue weighted by Crippen LogP contribution is -2.23. The lowest BCUT2D eigenvalue weighted by molar-refractivity contribution is 0.451. The number of rotatable bonds is 1. The highest BCUT2D eigenvalue weighted by atomic mass is 35.5. The van der Waals surface area contributed by atoms with Crippen LogP contribution in [-0.2, 0) is 0 Å². The fraction of sp³-hybridized carbons (Fsp3) is 0.857. The summed E-state index contributed by atoms with van der Waals surface area (Å²) in [6, 6.07) is 0.135. The summed E-state index contributed by atoms with van der Waals surface area (Å²) in [6.45, 7) is 0. The van der Waals surface area contributed by atoms with Gasteiger partial charge in [-0.05, 0) is 36.0 Å². The molecular weight excluding hydrogens is 204 g/mol. The monoisotopic (exact) mass is 213 g/mol. The van der Waals surface area contributed by atoms with Gasteiger partial charge in [-0.1, -0.05) is 12.8 Å². The van der Waals surface area contributed by atoms with E-state index in [2.05, 4.69) is 4.99 Å². The van der Waals surface area contributed by atoms with E-state index in [1.54, 1.807) is 0 Å². The first-order valence-corrected chi connectivity index (χ1v) is 4.92. The number of halogens is 3. The van der Waals surface area contributed by atoms with Crippen LogP contribution in [0.15, 0.2) is 4.99 Å². The summed E-state index contributed by atoms with van der Waals surface area (Å²) < 4.78 is 0.0996. The summed E-state index contributed by atoms with van der Waals surface area (Å²) in [5.41, 5.74) is 0. The summed E-state index contributed by atoms with van der Waals surface area (Å²) in [7, 11) is 0. The van der Waals surface area contributed by atoms with Gasteiger partial charge in [-0.2, -0.15) is 0 Å². The summed E-state index contributed by atoms with van der Waals surface area (Å²) in [6.07, 6.45) is 4.41. The molecule has 2 unspecified atom stereocenters. The van der Waals surface area contributed by atoms with Crippen LogP contribution in [0.3, 0.4) is 0 Å². The Morgan fingerprint density at radius 1 is 1.18 bits per heavy atom. The quantitative estimate of drug-likeness (QED) is 0.469. The predicted octanol–water partition coefficient (Wildman–Crippen LogP) is 3.37. The molecule has 1 aliphatic rings. The summed E-state index contributed by atoms with van der Waals surface area (Å²) in [5, 5.41) is 0.122. The highest BCUT2D eigenvalue weighted by Gasteiger charge is 2.22. The van der Waals surface area contributed by atoms with E-state index in [0.29, 0.717) is 0 Å². The van der Waals surface area contributed by atoms with E-state index in [9.17, 15) is 0 Å². The van der Waals surface area contributed by atoms with Crippen molar-refractivity contribution in [1.29, 1.82) is 0 Å². The molecular formula is C7H10Cl3N. The molecule has 0 radical (unpaired) electrons. The second kappa shape index (κ2) is 4.54. The molecule has 0 aromatic carbocycles. The first-order valence-electron chi connectivity index (χ1n) is 3.73. The first-order chi connectivity index (χ1) is 5.20. The second-order valence-corrected chi connectivity index (χ2v) is 4.21. The second-order valence-electron chi connectivity index (χ2n) is 2.74. The minimum Gasteiger partial charge on any atom is -0.258 e. The minimum absolute atomic E-state index is 0.0996. The van der Waals surface area contributed by atoms with Gasteiger partial charge in [0.2, 0.25) is 0 Å². The number of aliphatic imine (C=N–C) groups is 1. The van der Waals surface area contributed by atoms with Gasteiger partial charge < -0.3 is 0 Å². The van der Waals surface area contributed by atoms with Crippen LogP contribution in [0.4, 0.5) is 0 Å². The van der Waals surface area contributed by atoms with Crippen molar-refractivity contribution in [3.05, 3.63) is 0 Å². The van der Waals surface area contributed by atoms with E-state index in [-0.39, 0.29) is 16.0 Å². The molecule has 0 saturated heterocycles. The van der Waals surface area contributed by atoms with Gasteiger partial charge in [-0.15, -0.1) is 11.6 Å². The maximum absolute atomic E-state index is 6.00. The molecule has 4 heteroatoms. The molecule has 1 saturated carbocycles. The van der Waals surface area contributed by atoms with Crippen LogP contribution in [0.25, 0.3) is 0 Å². The third-order valence-electron chi connectivity index (χ3n) is 1.91. The van der Waals surface area contributed by atoms with E-state index in [1.165, 1.54) is 12.8 Å². The van der Waals surface area contributed by atoms with Crippen molar-refractivity contribution in [2.75, 3.05) is 0 Å². The smallest absolute Gasteiger partial charge is 0.192 e. The van der Waals surface area contributed by atoms with Crippen molar-refractivity contribution in [2.24, 2.45) is 4.99 Å². The molecule has 0 aromatic rings. The van der Waals surface area contributed by atoms with Gasteiger partial charge in [0, 0.05) is 0 Å². The highest BCUT2D eigenvalue weighted by molar-refractivity contribution is 6.95. The SMILES string of the molecule is ClC(Cl)=NC1CCCCC1Cl. The third kappa shape index (κ3) is 3.18. The normalized spacial score (nSPS) is 31.5. The van der Waals surface area contributed by atoms with Crippen molar-refractivity contribution in [3.8, 4) is 0 Å². The average molecular weight is 215 g/mol. The first kappa shape index (κ1) is 9.63. The van der Waals surface area contributed by atoms with Crippen LogP contribution >= 0.6 is 34.8 Å². The molecule has 1 nitrogen and oxygen atoms in total. The number of hydrogen-bond acceptors (Lipinski definition) is 1. The summed E-state index contributed by atoms with van der Waals surface area (Å²) >= 11 is 16.9. The Kier molecular flexibility index (Phi) is 3.97. The van der Waals surface area contributed by atoms with E-state index < -0.39 is 0 Å². The lowest BCUT2D eigenvalue weighted by atomic mass is 9.96. The molecule has 64 valence electrons. The fourth-order valence-electron chi connectivity index (χ4n) is 1.34. The van der Waals surface area contributed by atoms with E-state index >= 15 is 0 Å². The van der Waals surface area contributed by atoms with Crippen molar-refractivity contribution in [2.45, 2.75) is 37.1 Å². The van der Waals surface area contributed by atoms with E-state index in [0.717, 1.165) is 12.8 Å². The van der Waals surface area contributed by atoms with Crippen molar-refractivity contribution < 1.29 is 0 Å². The Morgan fingerprint density at radius 2 is 1.82 bits per heavy atom. The van der Waals surface area contributed by atoms with Crippen LogP contribution in [0.2, 0.25) is 0 Å². The maximum atomic E-state index is 6.00. The lowest BCUT2D eigenvalue weighted by Gasteiger charge is -2.23. The Bertz CT molecular complexity index is 154. The van der Waals surface area contributed by atoms with Gasteiger partial charge in [0.05, 0.1) is 11.4 Å². The van der Waals surface area contributed by atoms with Gasteiger partial charge in [-0.3, -0.25) is 4.99 Å². The van der Waals surface area contributed by atoms with Gasteiger partial charge in [0.25, 0.3) is 0 Å². The Morgan fingerprint density at radius 3 is 2.36 bits per heavy atom. The molecule has 0 N–H and O–H groups in total. The van der Waals surface area contributed by atoms with Crippen molar-refractivity contribution in [3.63, 3.8) is 0 Å². The maximum Gasteiger partial charge on any atom is 0.192 e. The minimum atomic E-state index is 0.0996. The molecule has 11 heavy (non-hydrogen) atoms. The number of nitrogens with zero attached hydrogens (tertiary/aromatic N) is 1. The summed E-state index contributed by atoms with van der Waals surface area (Å²) in [4.78, 5) is 4.03. The zero-order valence-corrected chi connectivity index (χ0v) is 8.33. The average Bonchev–Trinajstić information content (AvgIpc) is 1.93. The third-order valence-corrected chi connectivity index (χ3v) is 2.61. The standard InChI is InChI=1S/C7H10Cl3N/c8-5-3-1-2-4-6(5)11-7(9)10/h5-6H,1-4H2. The molecule has 0 heterocycles. The van der Waals surface area contributed by atoms with Gasteiger partial charge in [0.1, 0.15) is 0 Å². The molecule has 0 amide bonds. The molecule has 0 bridgehead atoms.